The summed E-state index contributed by atoms with van der Waals surface area (Å²) >= 11 is 0. The van der Waals surface area contributed by atoms with Gasteiger partial charge in [-0.05, 0) is 31.0 Å². The van der Waals surface area contributed by atoms with Crippen molar-refractivity contribution < 1.29 is 24.4 Å². The Balaban J connectivity index is 1.66. The lowest BCUT2D eigenvalue weighted by Crippen LogP contribution is -2.36. The van der Waals surface area contributed by atoms with Gasteiger partial charge in [0.25, 0.3) is 0 Å². The molecule has 0 bridgehead atoms. The standard InChI is InChI=1S/C17H21BN4O5/c19-6-2-5-15-20-10-21-22(15)9-13(23)8-12-7-11-3-1-4-14(17(24)25)16(11)27-18(12)26/h1,3-4,10,12,26H,2,5-9,19H2,(H,24,25)/t12-/m1/s1. The number of carbonyl (C=O) groups is 2. The number of benzene rings is 1. The number of nitrogens with zero attached hydrogens (tertiary/aromatic N) is 3. The fourth-order valence-electron chi connectivity index (χ4n) is 3.22. The highest BCUT2D eigenvalue weighted by molar-refractivity contribution is 6.47. The second-order valence-electron chi connectivity index (χ2n) is 6.54. The Morgan fingerprint density at radius 2 is 2.22 bits per heavy atom. The molecule has 2 aromatic rings. The van der Waals surface area contributed by atoms with Crippen LogP contribution in [0.3, 0.4) is 0 Å². The molecule has 1 aromatic carbocycles. The monoisotopic (exact) mass is 372 g/mol. The maximum atomic E-state index is 12.5. The minimum Gasteiger partial charge on any atom is -0.535 e. The first-order chi connectivity index (χ1) is 13.0. The lowest BCUT2D eigenvalue weighted by molar-refractivity contribution is -0.120. The van der Waals surface area contributed by atoms with Gasteiger partial charge in [0, 0.05) is 18.7 Å². The topological polar surface area (TPSA) is 141 Å². The molecule has 0 spiro atoms. The van der Waals surface area contributed by atoms with Crippen molar-refractivity contribution in [1.82, 2.24) is 14.8 Å². The summed E-state index contributed by atoms with van der Waals surface area (Å²) in [6, 6.07) is 4.79. The second-order valence-corrected chi connectivity index (χ2v) is 6.54. The van der Waals surface area contributed by atoms with E-state index in [2.05, 4.69) is 10.1 Å². The van der Waals surface area contributed by atoms with Gasteiger partial charge in [0.2, 0.25) is 0 Å². The lowest BCUT2D eigenvalue weighted by atomic mass is 9.64. The molecule has 0 unspecified atom stereocenters. The molecule has 1 atom stereocenters. The smallest absolute Gasteiger partial charge is 0.526 e. The Labute approximate surface area is 156 Å². The van der Waals surface area contributed by atoms with Crippen LogP contribution in [-0.4, -0.2) is 50.3 Å². The van der Waals surface area contributed by atoms with Crippen molar-refractivity contribution in [2.24, 2.45) is 5.73 Å². The molecular formula is C17H21BN4O5. The van der Waals surface area contributed by atoms with Crippen molar-refractivity contribution in [2.45, 2.75) is 38.0 Å². The third-order valence-electron chi connectivity index (χ3n) is 4.57. The maximum absolute atomic E-state index is 12.5. The van der Waals surface area contributed by atoms with Crippen molar-refractivity contribution in [3.05, 3.63) is 41.5 Å². The first kappa shape index (κ1) is 19.1. The van der Waals surface area contributed by atoms with Gasteiger partial charge in [0.15, 0.2) is 5.78 Å². The normalized spacial score (nSPS) is 15.9. The first-order valence-corrected chi connectivity index (χ1v) is 8.78. The zero-order chi connectivity index (χ0) is 19.4. The highest BCUT2D eigenvalue weighted by Gasteiger charge is 2.37. The number of hydrogen-bond donors (Lipinski definition) is 3. The minimum absolute atomic E-state index is 0.00323. The number of aromatic nitrogens is 3. The van der Waals surface area contributed by atoms with E-state index in [4.69, 9.17) is 10.4 Å². The van der Waals surface area contributed by atoms with Crippen LogP contribution in [0.5, 0.6) is 5.75 Å². The number of carbonyl (C=O) groups excluding carboxylic acids is 1. The van der Waals surface area contributed by atoms with E-state index < -0.39 is 18.9 Å². The van der Waals surface area contributed by atoms with Crippen LogP contribution in [0.15, 0.2) is 24.5 Å². The van der Waals surface area contributed by atoms with Gasteiger partial charge >= 0.3 is 13.1 Å². The molecule has 0 saturated carbocycles. The molecule has 0 amide bonds. The number of aryl methyl sites for hydroxylation is 1. The number of carboxylic acid groups (broad SMARTS) is 1. The van der Waals surface area contributed by atoms with Crippen molar-refractivity contribution in [3.8, 4) is 5.75 Å². The number of ketones is 1. The van der Waals surface area contributed by atoms with Crippen LogP contribution < -0.4 is 10.4 Å². The number of Topliss-reactive ketones (excluding diaryl/α,β-unsaturated/α-hetero) is 1. The number of fused-ring (bicyclic) bond motifs is 1. The third kappa shape index (κ3) is 4.34. The summed E-state index contributed by atoms with van der Waals surface area (Å²) in [7, 11) is -1.24. The van der Waals surface area contributed by atoms with Gasteiger partial charge in [0.05, 0.1) is 5.56 Å². The minimum atomic E-state index is -1.24. The summed E-state index contributed by atoms with van der Waals surface area (Å²) in [6.45, 7) is 0.593. The summed E-state index contributed by atoms with van der Waals surface area (Å²) in [5.74, 6) is -0.818. The van der Waals surface area contributed by atoms with E-state index in [-0.39, 0.29) is 30.1 Å². The number of rotatable bonds is 8. The highest BCUT2D eigenvalue weighted by atomic mass is 16.5. The van der Waals surface area contributed by atoms with E-state index in [1.165, 1.54) is 12.4 Å². The van der Waals surface area contributed by atoms with Gasteiger partial charge in [-0.3, -0.25) is 4.79 Å². The fourth-order valence-corrected chi connectivity index (χ4v) is 3.22. The molecule has 1 aliphatic heterocycles. The predicted octanol–water partition coefficient (Wildman–Crippen LogP) is 0.313. The number of carboxylic acids is 1. The van der Waals surface area contributed by atoms with E-state index in [0.717, 1.165) is 6.42 Å². The summed E-state index contributed by atoms with van der Waals surface area (Å²) in [5, 5.41) is 23.6. The summed E-state index contributed by atoms with van der Waals surface area (Å²) in [5.41, 5.74) is 6.17. The van der Waals surface area contributed by atoms with Crippen LogP contribution in [0, 0.1) is 0 Å². The average molecular weight is 372 g/mol. The molecule has 142 valence electrons. The number of nitrogens with two attached hydrogens (primary N) is 1. The molecule has 0 fully saturated rings. The fraction of sp³-hybridized carbons (Fsp3) is 0.412. The van der Waals surface area contributed by atoms with Crippen molar-refractivity contribution >= 4 is 18.9 Å². The molecule has 3 rings (SSSR count). The van der Waals surface area contributed by atoms with E-state index in [1.807, 2.05) is 0 Å². The molecule has 0 aliphatic carbocycles. The predicted molar refractivity (Wildman–Crippen MR) is 96.5 cm³/mol. The van der Waals surface area contributed by atoms with Gasteiger partial charge in [-0.2, -0.15) is 5.10 Å². The zero-order valence-electron chi connectivity index (χ0n) is 14.7. The molecule has 0 radical (unpaired) electrons. The van der Waals surface area contributed by atoms with E-state index in [9.17, 15) is 19.7 Å². The molecule has 1 aliphatic rings. The van der Waals surface area contributed by atoms with Crippen LogP contribution in [0.1, 0.15) is 34.6 Å². The van der Waals surface area contributed by atoms with E-state index >= 15 is 0 Å². The zero-order valence-corrected chi connectivity index (χ0v) is 14.7. The Hall–Kier alpha value is -2.72. The Morgan fingerprint density at radius 1 is 1.41 bits per heavy atom. The highest BCUT2D eigenvalue weighted by Crippen LogP contribution is 2.36. The summed E-state index contributed by atoms with van der Waals surface area (Å²) in [4.78, 5) is 27.9. The maximum Gasteiger partial charge on any atom is 0.526 e. The Kier molecular flexibility index (Phi) is 5.87. The molecule has 2 heterocycles. The molecule has 4 N–H and O–H groups in total. The van der Waals surface area contributed by atoms with Gasteiger partial charge in [-0.1, -0.05) is 12.1 Å². The van der Waals surface area contributed by atoms with Crippen LogP contribution >= 0.6 is 0 Å². The van der Waals surface area contributed by atoms with Crippen LogP contribution in [0.4, 0.5) is 0 Å². The average Bonchev–Trinajstić information content (AvgIpc) is 3.06. The SMILES string of the molecule is NCCCc1ncnn1CC(=O)C[C@H]1Cc2cccc(C(=O)O)c2OB1O. The van der Waals surface area contributed by atoms with Crippen molar-refractivity contribution in [3.63, 3.8) is 0 Å². The van der Waals surface area contributed by atoms with Crippen molar-refractivity contribution in [1.29, 1.82) is 0 Å². The Morgan fingerprint density at radius 3 is 2.96 bits per heavy atom. The largest absolute Gasteiger partial charge is 0.535 e. The second kappa shape index (κ2) is 8.32. The summed E-state index contributed by atoms with van der Waals surface area (Å²) in [6.07, 6.45) is 3.26. The number of hydrogen-bond acceptors (Lipinski definition) is 7. The van der Waals surface area contributed by atoms with Gasteiger partial charge < -0.3 is 20.5 Å². The third-order valence-corrected chi connectivity index (χ3v) is 4.57. The molecule has 1 aromatic heterocycles. The van der Waals surface area contributed by atoms with Crippen molar-refractivity contribution in [2.75, 3.05) is 6.54 Å². The first-order valence-electron chi connectivity index (χ1n) is 8.78. The van der Waals surface area contributed by atoms with Gasteiger partial charge in [0.1, 0.15) is 24.4 Å². The van der Waals surface area contributed by atoms with Crippen LogP contribution in [0.2, 0.25) is 5.82 Å². The van der Waals surface area contributed by atoms with Gasteiger partial charge in [-0.15, -0.1) is 0 Å². The summed E-state index contributed by atoms with van der Waals surface area (Å²) < 4.78 is 6.97. The van der Waals surface area contributed by atoms with Crippen LogP contribution in [-0.2, 0) is 24.2 Å². The molecule has 10 heteroatoms. The quantitative estimate of drug-likeness (QED) is 0.563. The van der Waals surface area contributed by atoms with E-state index in [0.29, 0.717) is 30.8 Å². The van der Waals surface area contributed by atoms with Crippen LogP contribution in [0.25, 0.3) is 0 Å². The molecule has 27 heavy (non-hydrogen) atoms. The molecule has 9 nitrogen and oxygen atoms in total. The van der Waals surface area contributed by atoms with E-state index in [1.54, 1.807) is 16.8 Å². The van der Waals surface area contributed by atoms with Gasteiger partial charge in [-0.25, -0.2) is 14.5 Å². The number of aromatic carboxylic acids is 1. The Bertz CT molecular complexity index is 840. The molecular weight excluding hydrogens is 351 g/mol. The lowest BCUT2D eigenvalue weighted by Gasteiger charge is -2.28. The number of para-hydroxylation sites is 1. The molecule has 0 saturated heterocycles.